The molecule has 1 aliphatic carbocycles. The molecule has 3 aromatic rings. The van der Waals surface area contributed by atoms with Crippen LogP contribution in [0, 0.1) is 0 Å². The molecule has 0 unspecified atom stereocenters. The smallest absolute Gasteiger partial charge is 0.407 e. The van der Waals surface area contributed by atoms with Gasteiger partial charge in [-0.2, -0.15) is 0 Å². The minimum atomic E-state index is -0.392. The van der Waals surface area contributed by atoms with Crippen LogP contribution in [-0.4, -0.2) is 25.0 Å². The lowest BCUT2D eigenvalue weighted by Crippen LogP contribution is -2.26. The number of rotatable bonds is 7. The van der Waals surface area contributed by atoms with Crippen molar-refractivity contribution < 1.29 is 9.53 Å². The van der Waals surface area contributed by atoms with E-state index in [4.69, 9.17) is 4.74 Å². The molecule has 0 aromatic heterocycles. The highest BCUT2D eigenvalue weighted by atomic mass is 32.2. The Hall–Kier alpha value is -2.98. The molecule has 4 rings (SSSR count). The molecule has 4 heteroatoms. The summed E-state index contributed by atoms with van der Waals surface area (Å²) >= 11 is 1.82. The van der Waals surface area contributed by atoms with Gasteiger partial charge < -0.3 is 10.1 Å². The van der Waals surface area contributed by atoms with Crippen LogP contribution in [0.5, 0.6) is 0 Å². The van der Waals surface area contributed by atoms with E-state index in [9.17, 15) is 4.79 Å². The molecular weight excluding hydrogens is 390 g/mol. The predicted molar refractivity (Wildman–Crippen MR) is 125 cm³/mol. The van der Waals surface area contributed by atoms with Gasteiger partial charge in [0.15, 0.2) is 0 Å². The third-order valence-corrected chi connectivity index (χ3v) is 6.06. The summed E-state index contributed by atoms with van der Waals surface area (Å²) in [5.74, 6) is 1.13. The second kappa shape index (κ2) is 9.68. The van der Waals surface area contributed by atoms with E-state index < -0.39 is 6.09 Å². The summed E-state index contributed by atoms with van der Waals surface area (Å²) in [7, 11) is 0. The number of alkyl carbamates (subject to hydrolysis) is 1. The van der Waals surface area contributed by atoms with Crippen molar-refractivity contribution in [2.24, 2.45) is 0 Å². The molecule has 1 N–H and O–H groups in total. The van der Waals surface area contributed by atoms with Crippen molar-refractivity contribution in [3.63, 3.8) is 0 Å². The maximum Gasteiger partial charge on any atom is 0.407 e. The molecule has 0 fully saturated rings. The lowest BCUT2D eigenvalue weighted by Gasteiger charge is -2.14. The molecule has 30 heavy (non-hydrogen) atoms. The first-order valence-electron chi connectivity index (χ1n) is 10.2. The number of amides is 1. The third kappa shape index (κ3) is 4.60. The zero-order chi connectivity index (χ0) is 20.8. The number of hydrogen-bond acceptors (Lipinski definition) is 3. The highest BCUT2D eigenvalue weighted by Gasteiger charge is 2.28. The number of nitrogens with one attached hydrogen (secondary N) is 1. The number of benzene rings is 3. The van der Waals surface area contributed by atoms with E-state index in [-0.39, 0.29) is 5.92 Å². The maximum atomic E-state index is 12.2. The number of carbonyl (C=O) groups excluding carboxylic acids is 1. The predicted octanol–water partition coefficient (Wildman–Crippen LogP) is 6.35. The van der Waals surface area contributed by atoms with Gasteiger partial charge in [-0.3, -0.25) is 0 Å². The van der Waals surface area contributed by atoms with Crippen molar-refractivity contribution in [1.29, 1.82) is 0 Å². The van der Waals surface area contributed by atoms with Gasteiger partial charge in [0.25, 0.3) is 0 Å². The number of thioether (sulfide) groups is 1. The van der Waals surface area contributed by atoms with E-state index in [0.29, 0.717) is 13.2 Å². The van der Waals surface area contributed by atoms with Gasteiger partial charge in [0.1, 0.15) is 6.61 Å². The van der Waals surface area contributed by atoms with E-state index in [1.165, 1.54) is 27.1 Å². The summed E-state index contributed by atoms with van der Waals surface area (Å²) in [5, 5.41) is 2.81. The van der Waals surface area contributed by atoms with Crippen LogP contribution in [0.3, 0.4) is 0 Å². The lowest BCUT2D eigenvalue weighted by atomic mass is 9.98. The first kappa shape index (κ1) is 20.3. The van der Waals surface area contributed by atoms with E-state index in [2.05, 4.69) is 72.9 Å². The van der Waals surface area contributed by atoms with Crippen molar-refractivity contribution in [3.05, 3.63) is 95.6 Å². The second-order valence-electron chi connectivity index (χ2n) is 7.11. The van der Waals surface area contributed by atoms with Crippen molar-refractivity contribution in [3.8, 4) is 11.1 Å². The van der Waals surface area contributed by atoms with Crippen molar-refractivity contribution in [2.75, 3.05) is 18.9 Å². The Kier molecular flexibility index (Phi) is 6.55. The van der Waals surface area contributed by atoms with Crippen LogP contribution >= 0.6 is 11.8 Å². The van der Waals surface area contributed by atoms with Crippen molar-refractivity contribution in [1.82, 2.24) is 5.32 Å². The Morgan fingerprint density at radius 3 is 2.40 bits per heavy atom. The van der Waals surface area contributed by atoms with Crippen LogP contribution in [0.1, 0.15) is 29.5 Å². The van der Waals surface area contributed by atoms with Crippen molar-refractivity contribution in [2.45, 2.75) is 17.7 Å². The highest BCUT2D eigenvalue weighted by molar-refractivity contribution is 7.99. The summed E-state index contributed by atoms with van der Waals surface area (Å²) < 4.78 is 5.56. The number of hydrogen-bond donors (Lipinski definition) is 1. The van der Waals surface area contributed by atoms with Gasteiger partial charge in [-0.05, 0) is 45.7 Å². The summed E-state index contributed by atoms with van der Waals surface area (Å²) in [4.78, 5) is 13.5. The van der Waals surface area contributed by atoms with Gasteiger partial charge in [0, 0.05) is 17.4 Å². The Morgan fingerprint density at radius 2 is 1.70 bits per heavy atom. The molecule has 0 radical (unpaired) electrons. The van der Waals surface area contributed by atoms with E-state index >= 15 is 0 Å². The van der Waals surface area contributed by atoms with Gasteiger partial charge in [0.2, 0.25) is 0 Å². The topological polar surface area (TPSA) is 38.3 Å². The largest absolute Gasteiger partial charge is 0.449 e. The number of fused-ring (bicyclic) bond motifs is 3. The molecule has 1 amide bonds. The van der Waals surface area contributed by atoms with Gasteiger partial charge in [-0.15, -0.1) is 11.8 Å². The van der Waals surface area contributed by atoms with E-state index in [1.807, 2.05) is 36.0 Å². The first-order chi connectivity index (χ1) is 14.8. The minimum absolute atomic E-state index is 0.0810. The average Bonchev–Trinajstić information content (AvgIpc) is 3.10. The zero-order valence-electron chi connectivity index (χ0n) is 17.0. The molecule has 1 aliphatic rings. The van der Waals surface area contributed by atoms with E-state index in [0.717, 1.165) is 11.3 Å². The van der Waals surface area contributed by atoms with E-state index in [1.54, 1.807) is 0 Å². The second-order valence-corrected chi connectivity index (χ2v) is 8.45. The molecular formula is C26H25NO2S. The fraction of sp³-hybridized carbons (Fsp3) is 0.192. The SMILES string of the molecule is CCSc1cccc(C=CCNC(=O)OCC2c3ccccc3-c3ccccc32)c1. The molecule has 3 nitrogen and oxygen atoms in total. The van der Waals surface area contributed by atoms with Crippen LogP contribution < -0.4 is 5.32 Å². The molecule has 0 saturated carbocycles. The average molecular weight is 416 g/mol. The van der Waals surface area contributed by atoms with Crippen LogP contribution in [0.2, 0.25) is 0 Å². The van der Waals surface area contributed by atoms with Gasteiger partial charge in [-0.25, -0.2) is 4.79 Å². The fourth-order valence-electron chi connectivity index (χ4n) is 3.86. The van der Waals surface area contributed by atoms with Crippen LogP contribution in [-0.2, 0) is 4.74 Å². The zero-order valence-corrected chi connectivity index (χ0v) is 17.8. The first-order valence-corrected chi connectivity index (χ1v) is 11.2. The van der Waals surface area contributed by atoms with Crippen molar-refractivity contribution >= 4 is 23.9 Å². The summed E-state index contributed by atoms with van der Waals surface area (Å²) in [6.07, 6.45) is 3.57. The summed E-state index contributed by atoms with van der Waals surface area (Å²) in [5.41, 5.74) is 6.03. The van der Waals surface area contributed by atoms with Gasteiger partial charge in [-0.1, -0.05) is 79.7 Å². The molecule has 0 saturated heterocycles. The summed E-state index contributed by atoms with van der Waals surface area (Å²) in [6.45, 7) is 2.91. The monoisotopic (exact) mass is 415 g/mol. The normalized spacial score (nSPS) is 12.6. The maximum absolute atomic E-state index is 12.2. The van der Waals surface area contributed by atoms with Gasteiger partial charge >= 0.3 is 6.09 Å². The molecule has 0 bridgehead atoms. The molecule has 0 heterocycles. The van der Waals surface area contributed by atoms with Crippen LogP contribution in [0.15, 0.2) is 83.8 Å². The number of ether oxygens (including phenoxy) is 1. The standard InChI is InChI=1S/C26H25NO2S/c1-2-30-20-11-7-9-19(17-20)10-8-16-27-26(28)29-18-25-23-14-5-3-12-21(23)22-13-4-6-15-24(22)25/h3-15,17,25H,2,16,18H2,1H3,(H,27,28). The Morgan fingerprint density at radius 1 is 1.00 bits per heavy atom. The quantitative estimate of drug-likeness (QED) is 0.457. The number of carbonyl (C=O) groups is 1. The lowest BCUT2D eigenvalue weighted by molar-refractivity contribution is 0.144. The highest BCUT2D eigenvalue weighted by Crippen LogP contribution is 2.44. The summed E-state index contributed by atoms with van der Waals surface area (Å²) in [6, 6.07) is 25.1. The van der Waals surface area contributed by atoms with Gasteiger partial charge in [0.05, 0.1) is 0 Å². The molecule has 3 aromatic carbocycles. The molecule has 0 spiro atoms. The molecule has 0 aliphatic heterocycles. The Balaban J connectivity index is 1.31. The third-order valence-electron chi connectivity index (χ3n) is 5.19. The minimum Gasteiger partial charge on any atom is -0.449 e. The Labute approximate surface area is 182 Å². The molecule has 152 valence electrons. The van der Waals surface area contributed by atoms with Crippen LogP contribution in [0.4, 0.5) is 4.79 Å². The Bertz CT molecular complexity index is 1010. The molecule has 0 atom stereocenters. The van der Waals surface area contributed by atoms with Crippen LogP contribution in [0.25, 0.3) is 17.2 Å². The fourth-order valence-corrected chi connectivity index (χ4v) is 4.59.